The van der Waals surface area contributed by atoms with Crippen molar-refractivity contribution in [3.8, 4) is 0 Å². The van der Waals surface area contributed by atoms with Crippen LogP contribution in [0.1, 0.15) is 32.8 Å². The van der Waals surface area contributed by atoms with Crippen molar-refractivity contribution in [3.05, 3.63) is 34.3 Å². The molecule has 6 heteroatoms. The van der Waals surface area contributed by atoms with Gasteiger partial charge in [-0.3, -0.25) is 4.84 Å². The van der Waals surface area contributed by atoms with Gasteiger partial charge < -0.3 is 9.84 Å². The summed E-state index contributed by atoms with van der Waals surface area (Å²) in [4.78, 5) is 17.4. The number of β-amino-alcohol motifs (C(OH)–C–C–N with tert-alkyl or cyclic N) is 1. The van der Waals surface area contributed by atoms with Crippen LogP contribution in [0, 0.1) is 0 Å². The van der Waals surface area contributed by atoms with Crippen LogP contribution in [0.4, 0.5) is 4.79 Å². The lowest BCUT2D eigenvalue weighted by Crippen LogP contribution is -2.50. The molecule has 21 heavy (non-hydrogen) atoms. The molecule has 1 fully saturated rings. The maximum atomic E-state index is 12.1. The molecule has 0 radical (unpaired) electrons. The highest BCUT2D eigenvalue weighted by atomic mass is 79.9. The molecule has 1 amide bonds. The van der Waals surface area contributed by atoms with Crippen molar-refractivity contribution < 1.29 is 19.5 Å². The largest absolute Gasteiger partial charge is 0.442 e. The third kappa shape index (κ3) is 4.18. The molecular formula is C15H20BrNO4. The van der Waals surface area contributed by atoms with Crippen LogP contribution in [-0.2, 0) is 15.2 Å². The fourth-order valence-corrected chi connectivity index (χ4v) is 2.53. The normalized spacial score (nSPS) is 23.0. The van der Waals surface area contributed by atoms with E-state index in [1.54, 1.807) is 20.8 Å². The Hall–Kier alpha value is -1.11. The minimum atomic E-state index is -1.14. The minimum absolute atomic E-state index is 0.0400. The van der Waals surface area contributed by atoms with Gasteiger partial charge in [-0.25, -0.2) is 4.79 Å². The van der Waals surface area contributed by atoms with Crippen LogP contribution >= 0.6 is 15.9 Å². The third-order valence-corrected chi connectivity index (χ3v) is 3.62. The topological polar surface area (TPSA) is 59.0 Å². The van der Waals surface area contributed by atoms with Crippen LogP contribution < -0.4 is 0 Å². The SMILES string of the molecule is CC(C)(C)OC(=O)N1CC(O)(c2cccc(Br)c2)CCO1. The zero-order valence-electron chi connectivity index (χ0n) is 12.4. The second-order valence-electron chi connectivity index (χ2n) is 6.14. The second-order valence-corrected chi connectivity index (χ2v) is 7.06. The first-order chi connectivity index (χ1) is 9.70. The zero-order chi connectivity index (χ0) is 15.7. The van der Waals surface area contributed by atoms with Crippen molar-refractivity contribution in [2.24, 2.45) is 0 Å². The van der Waals surface area contributed by atoms with E-state index in [9.17, 15) is 9.90 Å². The summed E-state index contributed by atoms with van der Waals surface area (Å²) in [6.45, 7) is 5.65. The highest BCUT2D eigenvalue weighted by Gasteiger charge is 2.39. The quantitative estimate of drug-likeness (QED) is 0.838. The van der Waals surface area contributed by atoms with E-state index in [0.717, 1.165) is 15.1 Å². The molecule has 2 rings (SSSR count). The van der Waals surface area contributed by atoms with E-state index >= 15 is 0 Å². The number of hydrogen-bond acceptors (Lipinski definition) is 4. The Morgan fingerprint density at radius 1 is 1.48 bits per heavy atom. The number of rotatable bonds is 1. The standard InChI is InChI=1S/C15H20BrNO4/c1-14(2,3)21-13(18)17-10-15(19,7-8-20-17)11-5-4-6-12(16)9-11/h4-6,9,19H,7-8,10H2,1-3H3. The van der Waals surface area contributed by atoms with Crippen LogP contribution in [0.2, 0.25) is 0 Å². The average molecular weight is 358 g/mol. The molecule has 0 aliphatic carbocycles. The summed E-state index contributed by atoms with van der Waals surface area (Å²) in [5.41, 5.74) is -1.00. The summed E-state index contributed by atoms with van der Waals surface area (Å²) >= 11 is 3.39. The van der Waals surface area contributed by atoms with Gasteiger partial charge in [-0.15, -0.1) is 0 Å². The van der Waals surface area contributed by atoms with Gasteiger partial charge in [-0.05, 0) is 38.5 Å². The van der Waals surface area contributed by atoms with Crippen molar-refractivity contribution in [2.75, 3.05) is 13.2 Å². The van der Waals surface area contributed by atoms with Crippen LogP contribution in [0.5, 0.6) is 0 Å². The Kier molecular flexibility index (Phi) is 4.60. The number of aliphatic hydroxyl groups is 1. The Balaban J connectivity index is 2.15. The van der Waals surface area contributed by atoms with Gasteiger partial charge in [0.05, 0.1) is 13.2 Å². The highest BCUT2D eigenvalue weighted by molar-refractivity contribution is 9.10. The minimum Gasteiger partial charge on any atom is -0.442 e. The van der Waals surface area contributed by atoms with Crippen LogP contribution in [0.3, 0.4) is 0 Å². The van der Waals surface area contributed by atoms with E-state index in [4.69, 9.17) is 9.57 Å². The molecule has 1 aliphatic rings. The van der Waals surface area contributed by atoms with Crippen molar-refractivity contribution in [1.82, 2.24) is 5.06 Å². The number of ether oxygens (including phenoxy) is 1. The summed E-state index contributed by atoms with van der Waals surface area (Å²) < 4.78 is 6.15. The Bertz CT molecular complexity index is 529. The van der Waals surface area contributed by atoms with E-state index in [2.05, 4.69) is 15.9 Å². The van der Waals surface area contributed by atoms with Gasteiger partial charge in [0.15, 0.2) is 0 Å². The number of amides is 1. The monoisotopic (exact) mass is 357 g/mol. The Morgan fingerprint density at radius 3 is 2.81 bits per heavy atom. The molecule has 0 saturated carbocycles. The lowest BCUT2D eigenvalue weighted by atomic mass is 9.90. The molecule has 0 bridgehead atoms. The Morgan fingerprint density at radius 2 is 2.19 bits per heavy atom. The highest BCUT2D eigenvalue weighted by Crippen LogP contribution is 2.32. The van der Waals surface area contributed by atoms with E-state index in [1.807, 2.05) is 24.3 Å². The molecule has 1 aromatic carbocycles. The van der Waals surface area contributed by atoms with Gasteiger partial charge >= 0.3 is 6.09 Å². The van der Waals surface area contributed by atoms with Crippen molar-refractivity contribution in [1.29, 1.82) is 0 Å². The molecule has 1 unspecified atom stereocenters. The van der Waals surface area contributed by atoms with Gasteiger partial charge in [-0.2, -0.15) is 5.06 Å². The van der Waals surface area contributed by atoms with Gasteiger partial charge in [-0.1, -0.05) is 28.1 Å². The van der Waals surface area contributed by atoms with Gasteiger partial charge in [0.25, 0.3) is 0 Å². The van der Waals surface area contributed by atoms with Crippen LogP contribution in [0.25, 0.3) is 0 Å². The van der Waals surface area contributed by atoms with Gasteiger partial charge in [0, 0.05) is 10.9 Å². The number of nitrogens with zero attached hydrogens (tertiary/aromatic N) is 1. The second kappa shape index (κ2) is 5.94. The molecular weight excluding hydrogens is 338 g/mol. The first-order valence-corrected chi connectivity index (χ1v) is 7.61. The summed E-state index contributed by atoms with van der Waals surface area (Å²) in [5, 5.41) is 11.9. The molecule has 5 nitrogen and oxygen atoms in total. The van der Waals surface area contributed by atoms with Crippen LogP contribution in [0.15, 0.2) is 28.7 Å². The smallest absolute Gasteiger partial charge is 0.434 e. The predicted octanol–water partition coefficient (Wildman–Crippen LogP) is 3.21. The maximum Gasteiger partial charge on any atom is 0.434 e. The molecule has 1 N–H and O–H groups in total. The number of hydrogen-bond donors (Lipinski definition) is 1. The number of carbonyl (C=O) groups excluding carboxylic acids is 1. The number of benzene rings is 1. The fourth-order valence-electron chi connectivity index (χ4n) is 2.13. The summed E-state index contributed by atoms with van der Waals surface area (Å²) in [6.07, 6.45) is -0.168. The molecule has 116 valence electrons. The predicted molar refractivity (Wildman–Crippen MR) is 81.5 cm³/mol. The average Bonchev–Trinajstić information content (AvgIpc) is 2.37. The van der Waals surface area contributed by atoms with E-state index in [0.29, 0.717) is 6.42 Å². The molecule has 1 heterocycles. The molecule has 0 spiro atoms. The molecule has 1 aromatic rings. The fraction of sp³-hybridized carbons (Fsp3) is 0.533. The first kappa shape index (κ1) is 16.3. The van der Waals surface area contributed by atoms with Crippen molar-refractivity contribution >= 4 is 22.0 Å². The summed E-state index contributed by atoms with van der Waals surface area (Å²) in [5.74, 6) is 0. The first-order valence-electron chi connectivity index (χ1n) is 6.81. The van der Waals surface area contributed by atoms with E-state index in [1.165, 1.54) is 0 Å². The number of hydroxylamine groups is 2. The lowest BCUT2D eigenvalue weighted by Gasteiger charge is -2.39. The van der Waals surface area contributed by atoms with Gasteiger partial charge in [0.1, 0.15) is 11.2 Å². The molecule has 1 atom stereocenters. The Labute approximate surface area is 132 Å². The van der Waals surface area contributed by atoms with E-state index < -0.39 is 17.3 Å². The molecule has 1 aliphatic heterocycles. The number of carbonyl (C=O) groups is 1. The van der Waals surface area contributed by atoms with E-state index in [-0.39, 0.29) is 13.2 Å². The summed E-state index contributed by atoms with van der Waals surface area (Å²) in [7, 11) is 0. The van der Waals surface area contributed by atoms with Crippen LogP contribution in [-0.4, -0.2) is 35.0 Å². The summed E-state index contributed by atoms with van der Waals surface area (Å²) in [6, 6.07) is 7.42. The third-order valence-electron chi connectivity index (χ3n) is 3.13. The molecule has 0 aromatic heterocycles. The maximum absolute atomic E-state index is 12.1. The molecule has 1 saturated heterocycles. The van der Waals surface area contributed by atoms with Crippen molar-refractivity contribution in [2.45, 2.75) is 38.4 Å². The van der Waals surface area contributed by atoms with Gasteiger partial charge in [0.2, 0.25) is 0 Å². The zero-order valence-corrected chi connectivity index (χ0v) is 14.0. The lowest BCUT2D eigenvalue weighted by molar-refractivity contribution is -0.219. The number of halogens is 1. The van der Waals surface area contributed by atoms with Crippen molar-refractivity contribution in [3.63, 3.8) is 0 Å².